The predicted molar refractivity (Wildman–Crippen MR) is 87.1 cm³/mol. The molecule has 0 saturated heterocycles. The Morgan fingerprint density at radius 2 is 1.42 bits per heavy atom. The standard InChI is InChI=1S/C18H17P/c1-2-19(16-11-4-3-5-12-16)18-14-8-10-15-9-6-7-13-17(15)18/h3-14H,2H2,1H3. The summed E-state index contributed by atoms with van der Waals surface area (Å²) in [4.78, 5) is 0. The second-order valence-electron chi connectivity index (χ2n) is 4.58. The molecule has 0 spiro atoms. The van der Waals surface area contributed by atoms with E-state index < -0.39 is 0 Å². The lowest BCUT2D eigenvalue weighted by molar-refractivity contribution is 1.51. The minimum Gasteiger partial charge on any atom is -0.0622 e. The highest BCUT2D eigenvalue weighted by Crippen LogP contribution is 2.35. The number of hydrogen-bond donors (Lipinski definition) is 0. The maximum Gasteiger partial charge on any atom is -0.0104 e. The summed E-state index contributed by atoms with van der Waals surface area (Å²) in [5, 5.41) is 5.72. The van der Waals surface area contributed by atoms with E-state index in [0.29, 0.717) is 0 Å². The summed E-state index contributed by atoms with van der Waals surface area (Å²) in [6.45, 7) is 2.29. The van der Waals surface area contributed by atoms with Crippen LogP contribution >= 0.6 is 7.92 Å². The zero-order chi connectivity index (χ0) is 13.1. The van der Waals surface area contributed by atoms with Crippen LogP contribution in [0.3, 0.4) is 0 Å². The van der Waals surface area contributed by atoms with Crippen LogP contribution in [0.15, 0.2) is 72.8 Å². The third-order valence-corrected chi connectivity index (χ3v) is 5.97. The maximum absolute atomic E-state index is 2.30. The topological polar surface area (TPSA) is 0 Å². The number of benzene rings is 3. The molecule has 3 rings (SSSR count). The molecule has 0 radical (unpaired) electrons. The van der Waals surface area contributed by atoms with Gasteiger partial charge in [0.1, 0.15) is 0 Å². The lowest BCUT2D eigenvalue weighted by Gasteiger charge is -2.18. The van der Waals surface area contributed by atoms with E-state index in [1.807, 2.05) is 0 Å². The first-order valence-electron chi connectivity index (χ1n) is 6.70. The number of hydrogen-bond acceptors (Lipinski definition) is 0. The largest absolute Gasteiger partial charge is 0.0622 e. The Bertz CT molecular complexity index is 668. The fourth-order valence-electron chi connectivity index (χ4n) is 2.54. The van der Waals surface area contributed by atoms with E-state index in [2.05, 4.69) is 79.7 Å². The van der Waals surface area contributed by atoms with Crippen LogP contribution in [0.5, 0.6) is 0 Å². The molecule has 1 heteroatoms. The molecule has 0 bridgehead atoms. The van der Waals surface area contributed by atoms with Crippen molar-refractivity contribution in [2.24, 2.45) is 0 Å². The average Bonchev–Trinajstić information content (AvgIpc) is 2.49. The van der Waals surface area contributed by atoms with E-state index in [4.69, 9.17) is 0 Å². The Kier molecular flexibility index (Phi) is 3.62. The molecular formula is C18H17P. The van der Waals surface area contributed by atoms with Crippen molar-refractivity contribution in [2.75, 3.05) is 6.16 Å². The van der Waals surface area contributed by atoms with Crippen molar-refractivity contribution < 1.29 is 0 Å². The van der Waals surface area contributed by atoms with Gasteiger partial charge in [0.2, 0.25) is 0 Å². The first kappa shape index (κ1) is 12.4. The van der Waals surface area contributed by atoms with Crippen LogP contribution in [0.2, 0.25) is 0 Å². The molecule has 0 aliphatic rings. The molecule has 94 valence electrons. The molecule has 19 heavy (non-hydrogen) atoms. The lowest BCUT2D eigenvalue weighted by atomic mass is 10.1. The molecule has 3 aromatic carbocycles. The van der Waals surface area contributed by atoms with Gasteiger partial charge in [-0.2, -0.15) is 0 Å². The molecule has 0 heterocycles. The Balaban J connectivity index is 2.17. The van der Waals surface area contributed by atoms with Gasteiger partial charge in [-0.3, -0.25) is 0 Å². The molecule has 1 unspecified atom stereocenters. The summed E-state index contributed by atoms with van der Waals surface area (Å²) in [5.41, 5.74) is 0. The van der Waals surface area contributed by atoms with Crippen molar-refractivity contribution in [3.8, 4) is 0 Å². The quantitative estimate of drug-likeness (QED) is 0.619. The van der Waals surface area contributed by atoms with Crippen LogP contribution in [0.4, 0.5) is 0 Å². The Labute approximate surface area is 115 Å². The summed E-state index contributed by atoms with van der Waals surface area (Å²) in [6, 6.07) is 26.3. The van der Waals surface area contributed by atoms with E-state index in [1.165, 1.54) is 27.5 Å². The van der Waals surface area contributed by atoms with E-state index in [9.17, 15) is 0 Å². The summed E-state index contributed by atoms with van der Waals surface area (Å²) in [6.07, 6.45) is 1.19. The van der Waals surface area contributed by atoms with Gasteiger partial charge in [-0.15, -0.1) is 0 Å². The molecule has 0 N–H and O–H groups in total. The summed E-state index contributed by atoms with van der Waals surface area (Å²) in [5.74, 6) is 0. The fourth-order valence-corrected chi connectivity index (χ4v) is 4.82. The zero-order valence-electron chi connectivity index (χ0n) is 11.1. The third kappa shape index (κ3) is 2.41. The first-order chi connectivity index (χ1) is 9.40. The van der Waals surface area contributed by atoms with Crippen LogP contribution in [0.1, 0.15) is 6.92 Å². The fraction of sp³-hybridized carbons (Fsp3) is 0.111. The van der Waals surface area contributed by atoms with Gasteiger partial charge in [-0.1, -0.05) is 79.7 Å². The van der Waals surface area contributed by atoms with Crippen molar-refractivity contribution in [1.82, 2.24) is 0 Å². The monoisotopic (exact) mass is 264 g/mol. The molecule has 0 nitrogen and oxygen atoms in total. The SMILES string of the molecule is CCP(c1ccccc1)c1cccc2ccccc12. The van der Waals surface area contributed by atoms with Gasteiger partial charge >= 0.3 is 0 Å². The number of fused-ring (bicyclic) bond motifs is 1. The van der Waals surface area contributed by atoms with Crippen LogP contribution in [-0.4, -0.2) is 6.16 Å². The van der Waals surface area contributed by atoms with Crippen LogP contribution in [0, 0.1) is 0 Å². The second-order valence-corrected chi connectivity index (χ2v) is 7.06. The maximum atomic E-state index is 2.30. The van der Waals surface area contributed by atoms with Gasteiger partial charge < -0.3 is 0 Å². The Hall–Kier alpha value is -1.65. The predicted octanol–water partition coefficient (Wildman–Crippen LogP) is 4.29. The molecular weight excluding hydrogens is 247 g/mol. The molecule has 0 aromatic heterocycles. The van der Waals surface area contributed by atoms with Gasteiger partial charge in [0.15, 0.2) is 0 Å². The van der Waals surface area contributed by atoms with E-state index in [-0.39, 0.29) is 7.92 Å². The summed E-state index contributed by atoms with van der Waals surface area (Å²) >= 11 is 0. The molecule has 0 amide bonds. The van der Waals surface area contributed by atoms with Crippen LogP contribution in [-0.2, 0) is 0 Å². The highest BCUT2D eigenvalue weighted by molar-refractivity contribution is 7.73. The third-order valence-electron chi connectivity index (χ3n) is 3.44. The van der Waals surface area contributed by atoms with Crippen molar-refractivity contribution in [3.05, 3.63) is 72.8 Å². The van der Waals surface area contributed by atoms with Crippen molar-refractivity contribution in [2.45, 2.75) is 6.92 Å². The van der Waals surface area contributed by atoms with Gasteiger partial charge in [-0.05, 0) is 35.5 Å². The van der Waals surface area contributed by atoms with Gasteiger partial charge in [0, 0.05) is 0 Å². The lowest BCUT2D eigenvalue weighted by Crippen LogP contribution is -2.13. The smallest absolute Gasteiger partial charge is 0.0104 e. The highest BCUT2D eigenvalue weighted by atomic mass is 31.1. The van der Waals surface area contributed by atoms with Crippen LogP contribution < -0.4 is 10.6 Å². The van der Waals surface area contributed by atoms with Crippen molar-refractivity contribution in [1.29, 1.82) is 0 Å². The van der Waals surface area contributed by atoms with Crippen molar-refractivity contribution in [3.63, 3.8) is 0 Å². The van der Waals surface area contributed by atoms with Gasteiger partial charge in [0.05, 0.1) is 0 Å². The van der Waals surface area contributed by atoms with E-state index >= 15 is 0 Å². The molecule has 0 saturated carbocycles. The summed E-state index contributed by atoms with van der Waals surface area (Å²) in [7, 11) is -0.248. The second kappa shape index (κ2) is 5.55. The first-order valence-corrected chi connectivity index (χ1v) is 8.23. The van der Waals surface area contributed by atoms with E-state index in [1.54, 1.807) is 0 Å². The minimum atomic E-state index is -0.248. The molecule has 1 atom stereocenters. The Morgan fingerprint density at radius 3 is 2.21 bits per heavy atom. The molecule has 0 fully saturated rings. The number of rotatable bonds is 3. The zero-order valence-corrected chi connectivity index (χ0v) is 12.0. The van der Waals surface area contributed by atoms with Gasteiger partial charge in [-0.25, -0.2) is 0 Å². The normalized spacial score (nSPS) is 12.5. The Morgan fingerprint density at radius 1 is 0.737 bits per heavy atom. The molecule has 0 aliphatic carbocycles. The highest BCUT2D eigenvalue weighted by Gasteiger charge is 2.13. The van der Waals surface area contributed by atoms with Crippen molar-refractivity contribution >= 4 is 29.3 Å². The van der Waals surface area contributed by atoms with E-state index in [0.717, 1.165) is 0 Å². The molecule has 0 aliphatic heterocycles. The van der Waals surface area contributed by atoms with Crippen LogP contribution in [0.25, 0.3) is 10.8 Å². The summed E-state index contributed by atoms with van der Waals surface area (Å²) < 4.78 is 0. The average molecular weight is 264 g/mol. The minimum absolute atomic E-state index is 0.248. The van der Waals surface area contributed by atoms with Gasteiger partial charge in [0.25, 0.3) is 0 Å². The molecule has 3 aromatic rings.